The molecule has 0 saturated carbocycles. The van der Waals surface area contributed by atoms with Gasteiger partial charge < -0.3 is 5.11 Å². The zero-order valence-electron chi connectivity index (χ0n) is 10.7. The lowest BCUT2D eigenvalue weighted by molar-refractivity contribution is 0.166. The Morgan fingerprint density at radius 3 is 2.68 bits per heavy atom. The van der Waals surface area contributed by atoms with Gasteiger partial charge in [0.15, 0.2) is 0 Å². The van der Waals surface area contributed by atoms with E-state index in [4.69, 9.17) is 23.2 Å². The summed E-state index contributed by atoms with van der Waals surface area (Å²) in [5.74, 6) is 0. The summed E-state index contributed by atoms with van der Waals surface area (Å²) in [4.78, 5) is 0. The standard InChI is InChI=1S/C14H16Cl2N2O/c1-2-7-18-14(12(16)9-17-18)13(19)8-10-5-3-4-6-11(10)15/h3-6,9,13,19H,2,7-8H2,1H3. The average Bonchev–Trinajstić information content (AvgIpc) is 2.74. The van der Waals surface area contributed by atoms with E-state index < -0.39 is 6.10 Å². The van der Waals surface area contributed by atoms with Gasteiger partial charge >= 0.3 is 0 Å². The van der Waals surface area contributed by atoms with Gasteiger partial charge in [-0.1, -0.05) is 48.3 Å². The SMILES string of the molecule is CCCn1ncc(Cl)c1C(O)Cc1ccccc1Cl. The number of aliphatic hydroxyl groups excluding tert-OH is 1. The van der Waals surface area contributed by atoms with Crippen LogP contribution in [0.2, 0.25) is 10.0 Å². The van der Waals surface area contributed by atoms with Crippen LogP contribution in [-0.2, 0) is 13.0 Å². The number of aliphatic hydroxyl groups is 1. The number of hydrogen-bond acceptors (Lipinski definition) is 2. The van der Waals surface area contributed by atoms with Crippen molar-refractivity contribution in [2.24, 2.45) is 0 Å². The third-order valence-corrected chi connectivity index (χ3v) is 3.62. The van der Waals surface area contributed by atoms with Crippen molar-refractivity contribution in [1.82, 2.24) is 9.78 Å². The van der Waals surface area contributed by atoms with Crippen molar-refractivity contribution < 1.29 is 5.11 Å². The van der Waals surface area contributed by atoms with Crippen LogP contribution in [0.4, 0.5) is 0 Å². The normalized spacial score (nSPS) is 12.6. The second-order valence-electron chi connectivity index (χ2n) is 4.41. The van der Waals surface area contributed by atoms with Gasteiger partial charge in [-0.25, -0.2) is 0 Å². The molecule has 0 amide bonds. The first-order valence-corrected chi connectivity index (χ1v) is 7.01. The maximum Gasteiger partial charge on any atom is 0.101 e. The lowest BCUT2D eigenvalue weighted by Crippen LogP contribution is -2.11. The molecule has 102 valence electrons. The highest BCUT2D eigenvalue weighted by Gasteiger charge is 2.19. The summed E-state index contributed by atoms with van der Waals surface area (Å²) in [5.41, 5.74) is 1.56. The molecular weight excluding hydrogens is 283 g/mol. The van der Waals surface area contributed by atoms with Crippen LogP contribution in [0.5, 0.6) is 0 Å². The van der Waals surface area contributed by atoms with Gasteiger partial charge in [-0.3, -0.25) is 4.68 Å². The zero-order valence-corrected chi connectivity index (χ0v) is 12.2. The third-order valence-electron chi connectivity index (χ3n) is 2.96. The van der Waals surface area contributed by atoms with Crippen molar-refractivity contribution in [3.63, 3.8) is 0 Å². The molecule has 5 heteroatoms. The minimum Gasteiger partial charge on any atom is -0.386 e. The molecule has 1 unspecified atom stereocenters. The van der Waals surface area contributed by atoms with Gasteiger partial charge in [0.1, 0.15) is 6.10 Å². The minimum atomic E-state index is -0.707. The van der Waals surface area contributed by atoms with Crippen LogP contribution in [0.15, 0.2) is 30.5 Å². The number of benzene rings is 1. The van der Waals surface area contributed by atoms with E-state index in [9.17, 15) is 5.11 Å². The molecule has 3 nitrogen and oxygen atoms in total. The van der Waals surface area contributed by atoms with Crippen LogP contribution in [0.25, 0.3) is 0 Å². The molecule has 0 saturated heterocycles. The number of hydrogen-bond donors (Lipinski definition) is 1. The second-order valence-corrected chi connectivity index (χ2v) is 5.23. The highest BCUT2D eigenvalue weighted by atomic mass is 35.5. The highest BCUT2D eigenvalue weighted by Crippen LogP contribution is 2.28. The molecular formula is C14H16Cl2N2O. The minimum absolute atomic E-state index is 0.425. The van der Waals surface area contributed by atoms with Crippen molar-refractivity contribution in [2.75, 3.05) is 0 Å². The number of aryl methyl sites for hydroxylation is 1. The summed E-state index contributed by atoms with van der Waals surface area (Å²) in [5, 5.41) is 15.7. The molecule has 0 spiro atoms. The van der Waals surface area contributed by atoms with E-state index in [0.29, 0.717) is 22.2 Å². The first-order chi connectivity index (χ1) is 9.13. The molecule has 0 bridgehead atoms. The van der Waals surface area contributed by atoms with Gasteiger partial charge in [-0.2, -0.15) is 5.10 Å². The smallest absolute Gasteiger partial charge is 0.101 e. The molecule has 0 aliphatic carbocycles. The number of nitrogens with zero attached hydrogens (tertiary/aromatic N) is 2. The summed E-state index contributed by atoms with van der Waals surface area (Å²) in [7, 11) is 0. The molecule has 1 atom stereocenters. The van der Waals surface area contributed by atoms with Gasteiger partial charge in [0.05, 0.1) is 16.9 Å². The summed E-state index contributed by atoms with van der Waals surface area (Å²) in [6.45, 7) is 2.79. The van der Waals surface area contributed by atoms with Crippen LogP contribution in [0.3, 0.4) is 0 Å². The van der Waals surface area contributed by atoms with Crippen molar-refractivity contribution in [1.29, 1.82) is 0 Å². The molecule has 1 aromatic carbocycles. The van der Waals surface area contributed by atoms with Crippen LogP contribution >= 0.6 is 23.2 Å². The Morgan fingerprint density at radius 1 is 1.26 bits per heavy atom. The van der Waals surface area contributed by atoms with Crippen LogP contribution in [-0.4, -0.2) is 14.9 Å². The van der Waals surface area contributed by atoms with Gasteiger partial charge in [0.25, 0.3) is 0 Å². The van der Waals surface area contributed by atoms with Gasteiger partial charge in [-0.15, -0.1) is 0 Å². The van der Waals surface area contributed by atoms with Gasteiger partial charge in [0, 0.05) is 18.0 Å². The Kier molecular flexibility index (Phi) is 4.86. The van der Waals surface area contributed by atoms with E-state index in [1.807, 2.05) is 24.3 Å². The molecule has 0 aliphatic heterocycles. The molecule has 2 rings (SSSR count). The Balaban J connectivity index is 2.22. The summed E-state index contributed by atoms with van der Waals surface area (Å²) in [6, 6.07) is 7.49. The van der Waals surface area contributed by atoms with Gasteiger partial charge in [-0.05, 0) is 18.1 Å². The Hall–Kier alpha value is -1.03. The number of halogens is 2. The van der Waals surface area contributed by atoms with Crippen molar-refractivity contribution >= 4 is 23.2 Å². The van der Waals surface area contributed by atoms with Gasteiger partial charge in [0.2, 0.25) is 0 Å². The maximum absolute atomic E-state index is 10.4. The molecule has 0 fully saturated rings. The lowest BCUT2D eigenvalue weighted by Gasteiger charge is -2.14. The van der Waals surface area contributed by atoms with Crippen LogP contribution < -0.4 is 0 Å². The van der Waals surface area contributed by atoms with Crippen molar-refractivity contribution in [3.05, 3.63) is 51.8 Å². The molecule has 2 aromatic rings. The summed E-state index contributed by atoms with van der Waals surface area (Å²) < 4.78 is 1.75. The first-order valence-electron chi connectivity index (χ1n) is 6.26. The second kappa shape index (κ2) is 6.42. The van der Waals surface area contributed by atoms with E-state index in [1.54, 1.807) is 10.9 Å². The fourth-order valence-electron chi connectivity index (χ4n) is 2.06. The largest absolute Gasteiger partial charge is 0.386 e. The molecule has 0 radical (unpaired) electrons. The monoisotopic (exact) mass is 298 g/mol. The first kappa shape index (κ1) is 14.4. The van der Waals surface area contributed by atoms with Crippen molar-refractivity contribution in [2.45, 2.75) is 32.4 Å². The predicted molar refractivity (Wildman–Crippen MR) is 77.6 cm³/mol. The van der Waals surface area contributed by atoms with E-state index in [1.165, 1.54) is 0 Å². The molecule has 1 aromatic heterocycles. The molecule has 1 heterocycles. The molecule has 0 aliphatic rings. The predicted octanol–water partition coefficient (Wildman–Crippen LogP) is 3.88. The van der Waals surface area contributed by atoms with E-state index in [-0.39, 0.29) is 0 Å². The quantitative estimate of drug-likeness (QED) is 0.910. The fourth-order valence-corrected chi connectivity index (χ4v) is 2.54. The number of aromatic nitrogens is 2. The zero-order chi connectivity index (χ0) is 13.8. The molecule has 19 heavy (non-hydrogen) atoms. The van der Waals surface area contributed by atoms with Crippen LogP contribution in [0, 0.1) is 0 Å². The summed E-state index contributed by atoms with van der Waals surface area (Å²) in [6.07, 6.45) is 2.22. The Bertz CT molecular complexity index is 554. The van der Waals surface area contributed by atoms with Crippen LogP contribution in [0.1, 0.15) is 30.7 Å². The molecule has 1 N–H and O–H groups in total. The van der Waals surface area contributed by atoms with E-state index in [2.05, 4.69) is 12.0 Å². The highest BCUT2D eigenvalue weighted by molar-refractivity contribution is 6.31. The Labute approximate surface area is 122 Å². The van der Waals surface area contributed by atoms with Crippen molar-refractivity contribution in [3.8, 4) is 0 Å². The third kappa shape index (κ3) is 3.30. The van der Waals surface area contributed by atoms with E-state index >= 15 is 0 Å². The lowest BCUT2D eigenvalue weighted by atomic mass is 10.1. The van der Waals surface area contributed by atoms with E-state index in [0.717, 1.165) is 18.5 Å². The fraction of sp³-hybridized carbons (Fsp3) is 0.357. The maximum atomic E-state index is 10.4. The summed E-state index contributed by atoms with van der Waals surface area (Å²) >= 11 is 12.2. The Morgan fingerprint density at radius 2 is 2.00 bits per heavy atom. The average molecular weight is 299 g/mol. The topological polar surface area (TPSA) is 38.0 Å². The number of rotatable bonds is 5.